The zero-order valence-electron chi connectivity index (χ0n) is 25.7. The molecule has 0 N–H and O–H groups in total. The Morgan fingerprint density at radius 2 is 1.12 bits per heavy atom. The van der Waals surface area contributed by atoms with Gasteiger partial charge in [0, 0.05) is 34.6 Å². The first kappa shape index (κ1) is 29.2. The third kappa shape index (κ3) is 5.00. The van der Waals surface area contributed by atoms with Crippen molar-refractivity contribution in [3.8, 4) is 34.5 Å². The molecule has 0 bridgehead atoms. The van der Waals surface area contributed by atoms with Crippen LogP contribution in [0.2, 0.25) is 0 Å². The van der Waals surface area contributed by atoms with Gasteiger partial charge in [-0.05, 0) is 77.9 Å². The van der Waals surface area contributed by atoms with E-state index in [1.165, 1.54) is 11.1 Å². The second-order valence-electron chi connectivity index (χ2n) is 11.0. The molecule has 0 spiro atoms. The maximum Gasteiger partial charge on any atom is 0.126 e. The molecule has 0 amide bonds. The van der Waals surface area contributed by atoms with Crippen molar-refractivity contribution >= 4 is 0 Å². The highest BCUT2D eigenvalue weighted by Gasteiger charge is 2.47. The maximum atomic E-state index is 6.12. The Hall–Kier alpha value is -4.32. The first-order valence-corrected chi connectivity index (χ1v) is 14.1. The van der Waals surface area contributed by atoms with Gasteiger partial charge in [0.2, 0.25) is 0 Å². The Morgan fingerprint density at radius 3 is 1.67 bits per heavy atom. The first-order chi connectivity index (χ1) is 20.3. The van der Waals surface area contributed by atoms with E-state index < -0.39 is 5.41 Å². The molecule has 0 heterocycles. The molecule has 0 aliphatic heterocycles. The molecule has 1 aliphatic rings. The smallest absolute Gasteiger partial charge is 0.126 e. The summed E-state index contributed by atoms with van der Waals surface area (Å²) in [6.07, 6.45) is 0.820. The third-order valence-corrected chi connectivity index (χ3v) is 8.84. The van der Waals surface area contributed by atoms with Gasteiger partial charge in [-0.1, -0.05) is 31.2 Å². The minimum Gasteiger partial charge on any atom is -0.497 e. The van der Waals surface area contributed by atoms with E-state index >= 15 is 0 Å². The van der Waals surface area contributed by atoms with Gasteiger partial charge in [-0.15, -0.1) is 0 Å². The normalized spacial score (nSPS) is 19.4. The van der Waals surface area contributed by atoms with Crippen molar-refractivity contribution in [2.45, 2.75) is 37.5 Å². The summed E-state index contributed by atoms with van der Waals surface area (Å²) < 4.78 is 34.7. The van der Waals surface area contributed by atoms with Crippen LogP contribution >= 0.6 is 0 Å². The minimum absolute atomic E-state index is 0.0652. The summed E-state index contributed by atoms with van der Waals surface area (Å²) in [5.74, 6) is 4.75. The molecule has 2 unspecified atom stereocenters. The number of hydrogen-bond donors (Lipinski definition) is 0. The van der Waals surface area contributed by atoms with Crippen LogP contribution in [0.5, 0.6) is 34.5 Å². The van der Waals surface area contributed by atoms with Gasteiger partial charge >= 0.3 is 0 Å². The van der Waals surface area contributed by atoms with Gasteiger partial charge in [-0.25, -0.2) is 0 Å². The summed E-state index contributed by atoms with van der Waals surface area (Å²) in [6.45, 7) is 4.44. The monoisotopic (exact) mass is 568 g/mol. The number of rotatable bonds is 9. The van der Waals surface area contributed by atoms with Crippen LogP contribution in [0.4, 0.5) is 0 Å². The lowest BCUT2D eigenvalue weighted by Crippen LogP contribution is -2.36. The molecule has 5 rings (SSSR count). The number of benzene rings is 4. The van der Waals surface area contributed by atoms with Crippen LogP contribution in [-0.4, -0.2) is 42.7 Å². The lowest BCUT2D eigenvalue weighted by atomic mass is 9.57. The van der Waals surface area contributed by atoms with E-state index in [2.05, 4.69) is 50.2 Å². The Morgan fingerprint density at radius 1 is 0.595 bits per heavy atom. The summed E-state index contributed by atoms with van der Waals surface area (Å²) >= 11 is 0. The third-order valence-electron chi connectivity index (χ3n) is 8.84. The van der Waals surface area contributed by atoms with E-state index in [9.17, 15) is 0 Å². The predicted molar refractivity (Wildman–Crippen MR) is 165 cm³/mol. The summed E-state index contributed by atoms with van der Waals surface area (Å²) in [6, 6.07) is 25.0. The topological polar surface area (TPSA) is 55.4 Å². The quantitative estimate of drug-likeness (QED) is 0.207. The highest BCUT2D eigenvalue weighted by Crippen LogP contribution is 2.60. The second-order valence-corrected chi connectivity index (χ2v) is 11.0. The van der Waals surface area contributed by atoms with E-state index in [0.29, 0.717) is 0 Å². The number of aryl methyl sites for hydroxylation is 1. The molecule has 4 aromatic carbocycles. The Kier molecular flexibility index (Phi) is 8.26. The molecule has 0 saturated heterocycles. The van der Waals surface area contributed by atoms with Gasteiger partial charge in [0.05, 0.1) is 42.7 Å². The lowest BCUT2D eigenvalue weighted by molar-refractivity contribution is 0.339. The number of ether oxygens (including phenoxy) is 6. The van der Waals surface area contributed by atoms with Crippen molar-refractivity contribution in [2.75, 3.05) is 42.7 Å². The van der Waals surface area contributed by atoms with Crippen molar-refractivity contribution in [2.24, 2.45) is 0 Å². The SMILES string of the molecule is COc1ccc(C2C[C@](C)(c3ccc(OC)cc3)c3c(OC)cc(OC)cc3C2c2c(C)cc(OC)cc2OC)cc1. The van der Waals surface area contributed by atoms with Crippen LogP contribution in [0.15, 0.2) is 72.8 Å². The fraction of sp³-hybridized carbons (Fsp3) is 0.333. The number of hydrogen-bond acceptors (Lipinski definition) is 6. The van der Waals surface area contributed by atoms with Crippen LogP contribution in [0, 0.1) is 6.92 Å². The first-order valence-electron chi connectivity index (χ1n) is 14.1. The molecular formula is C36H40O6. The van der Waals surface area contributed by atoms with E-state index in [1.807, 2.05) is 36.4 Å². The Balaban J connectivity index is 1.87. The van der Waals surface area contributed by atoms with Gasteiger partial charge in [-0.2, -0.15) is 0 Å². The fourth-order valence-corrected chi connectivity index (χ4v) is 6.76. The molecule has 3 atom stereocenters. The molecule has 4 aromatic rings. The van der Waals surface area contributed by atoms with Crippen molar-refractivity contribution in [3.05, 3.63) is 106 Å². The molecule has 0 radical (unpaired) electrons. The highest BCUT2D eigenvalue weighted by molar-refractivity contribution is 5.64. The Labute approximate surface area is 249 Å². The van der Waals surface area contributed by atoms with Crippen LogP contribution in [0.1, 0.15) is 58.6 Å². The van der Waals surface area contributed by atoms with Crippen molar-refractivity contribution in [3.63, 3.8) is 0 Å². The van der Waals surface area contributed by atoms with E-state index in [-0.39, 0.29) is 11.8 Å². The van der Waals surface area contributed by atoms with Gasteiger partial charge in [0.25, 0.3) is 0 Å². The molecule has 1 aliphatic carbocycles. The minimum atomic E-state index is -0.395. The van der Waals surface area contributed by atoms with Crippen molar-refractivity contribution < 1.29 is 28.4 Å². The number of fused-ring (bicyclic) bond motifs is 1. The second kappa shape index (κ2) is 11.9. The maximum absolute atomic E-state index is 6.12. The predicted octanol–water partition coefficient (Wildman–Crippen LogP) is 7.67. The van der Waals surface area contributed by atoms with Crippen LogP contribution in [0.3, 0.4) is 0 Å². The summed E-state index contributed by atoms with van der Waals surface area (Å²) in [5, 5.41) is 0. The number of methoxy groups -OCH3 is 6. The molecule has 0 fully saturated rings. The van der Waals surface area contributed by atoms with E-state index in [0.717, 1.165) is 63.2 Å². The van der Waals surface area contributed by atoms with E-state index in [1.54, 1.807) is 42.7 Å². The molecular weight excluding hydrogens is 528 g/mol. The summed E-state index contributed by atoms with van der Waals surface area (Å²) in [5.41, 5.74) is 6.50. The largest absolute Gasteiger partial charge is 0.497 e. The molecule has 220 valence electrons. The molecule has 0 saturated carbocycles. The zero-order chi connectivity index (χ0) is 30.0. The van der Waals surface area contributed by atoms with Crippen LogP contribution in [0.25, 0.3) is 0 Å². The van der Waals surface area contributed by atoms with Crippen LogP contribution < -0.4 is 28.4 Å². The summed E-state index contributed by atoms with van der Waals surface area (Å²) in [4.78, 5) is 0. The van der Waals surface area contributed by atoms with Crippen molar-refractivity contribution in [1.29, 1.82) is 0 Å². The van der Waals surface area contributed by atoms with Gasteiger partial charge < -0.3 is 28.4 Å². The lowest BCUT2D eigenvalue weighted by Gasteiger charge is -2.46. The van der Waals surface area contributed by atoms with Gasteiger partial charge in [0.15, 0.2) is 0 Å². The van der Waals surface area contributed by atoms with Gasteiger partial charge in [-0.3, -0.25) is 0 Å². The van der Waals surface area contributed by atoms with Gasteiger partial charge in [0.1, 0.15) is 34.5 Å². The average molecular weight is 569 g/mol. The summed E-state index contributed by atoms with van der Waals surface area (Å²) in [7, 11) is 10.2. The van der Waals surface area contributed by atoms with E-state index in [4.69, 9.17) is 28.4 Å². The van der Waals surface area contributed by atoms with Crippen LogP contribution in [-0.2, 0) is 5.41 Å². The molecule has 6 nitrogen and oxygen atoms in total. The standard InChI is InChI=1S/C36H40O6/c1-22-17-27(39-5)19-31(41-7)33(22)34-29-18-28(40-6)20-32(42-8)35(29)36(2,24-11-15-26(38-4)16-12-24)21-30(34)23-9-13-25(37-3)14-10-23/h9-20,30,34H,21H2,1-8H3/t30?,34?,36-/m1/s1. The molecule has 42 heavy (non-hydrogen) atoms. The average Bonchev–Trinajstić information content (AvgIpc) is 3.04. The Bertz CT molecular complexity index is 1540. The molecule has 0 aromatic heterocycles. The highest BCUT2D eigenvalue weighted by atomic mass is 16.5. The zero-order valence-corrected chi connectivity index (χ0v) is 25.7. The molecule has 6 heteroatoms. The fourth-order valence-electron chi connectivity index (χ4n) is 6.76. The van der Waals surface area contributed by atoms with Crippen molar-refractivity contribution in [1.82, 2.24) is 0 Å².